The van der Waals surface area contributed by atoms with Gasteiger partial charge < -0.3 is 0 Å². The molecule has 4 heteroatoms. The summed E-state index contributed by atoms with van der Waals surface area (Å²) in [5.74, 6) is 0. The minimum absolute atomic E-state index is 0.627. The molecule has 1 heterocycles. The number of rotatable bonds is 0. The molecule has 0 radical (unpaired) electrons. The predicted molar refractivity (Wildman–Crippen MR) is 39.2 cm³/mol. The molecule has 0 bridgehead atoms. The van der Waals surface area contributed by atoms with Crippen LogP contribution in [0.2, 0.25) is 0 Å². The molecule has 0 N–H and O–H groups in total. The van der Waals surface area contributed by atoms with E-state index in [0.717, 1.165) is 4.91 Å². The Labute approximate surface area is 57.0 Å². The highest BCUT2D eigenvalue weighted by atomic mass is 32.9. The second kappa shape index (κ2) is 2.49. The molecule has 0 aromatic carbocycles. The molecule has 1 aliphatic heterocycles. The molecule has 0 saturated heterocycles. The largest absolute Gasteiger partial charge is 0.248 e. The second-order valence-electron chi connectivity index (χ2n) is 1.61. The van der Waals surface area contributed by atoms with Gasteiger partial charge in [0.1, 0.15) is 0 Å². The second-order valence-corrected chi connectivity index (χ2v) is 5.42. The SMILES string of the molecule is CC1=CC=CS1=S(=O)=O. The summed E-state index contributed by atoms with van der Waals surface area (Å²) in [4.78, 5) is 0.920. The van der Waals surface area contributed by atoms with E-state index in [4.69, 9.17) is 0 Å². The van der Waals surface area contributed by atoms with Gasteiger partial charge in [-0.05, 0) is 26.7 Å². The van der Waals surface area contributed by atoms with E-state index in [2.05, 4.69) is 0 Å². The molecule has 1 rings (SSSR count). The topological polar surface area (TPSA) is 34.1 Å². The summed E-state index contributed by atoms with van der Waals surface area (Å²) in [6, 6.07) is 0. The van der Waals surface area contributed by atoms with Crippen LogP contribution in [0.15, 0.2) is 22.5 Å². The van der Waals surface area contributed by atoms with E-state index in [9.17, 15) is 8.42 Å². The highest BCUT2D eigenvalue weighted by Gasteiger charge is 2.00. The van der Waals surface area contributed by atoms with E-state index < -0.39 is 18.7 Å². The molecule has 0 saturated carbocycles. The molecule has 9 heavy (non-hydrogen) atoms. The van der Waals surface area contributed by atoms with Crippen LogP contribution in [0.5, 0.6) is 0 Å². The maximum absolute atomic E-state index is 10.3. The van der Waals surface area contributed by atoms with E-state index in [-0.39, 0.29) is 0 Å². The van der Waals surface area contributed by atoms with Crippen LogP contribution < -0.4 is 0 Å². The van der Waals surface area contributed by atoms with E-state index in [1.54, 1.807) is 11.5 Å². The number of hydrogen-bond donors (Lipinski definition) is 0. The third-order valence-corrected chi connectivity index (χ3v) is 4.47. The van der Waals surface area contributed by atoms with Crippen LogP contribution in [0.25, 0.3) is 0 Å². The maximum Gasteiger partial charge on any atom is 0.248 e. The fourth-order valence-corrected chi connectivity index (χ4v) is 2.80. The molecule has 0 fully saturated rings. The van der Waals surface area contributed by atoms with Crippen molar-refractivity contribution in [2.24, 2.45) is 0 Å². The van der Waals surface area contributed by atoms with Crippen molar-refractivity contribution in [1.82, 2.24) is 0 Å². The van der Waals surface area contributed by atoms with Gasteiger partial charge in [-0.1, -0.05) is 12.2 Å². The first-order valence-electron chi connectivity index (χ1n) is 2.40. The van der Waals surface area contributed by atoms with Crippen molar-refractivity contribution in [3.05, 3.63) is 22.5 Å². The molecule has 0 aromatic heterocycles. The van der Waals surface area contributed by atoms with E-state index >= 15 is 0 Å². The van der Waals surface area contributed by atoms with E-state index in [1.165, 1.54) is 0 Å². The normalized spacial score (nSPS) is 24.1. The van der Waals surface area contributed by atoms with Crippen molar-refractivity contribution in [2.45, 2.75) is 6.92 Å². The molecule has 1 aliphatic rings. The number of allylic oxidation sites excluding steroid dienone is 3. The summed E-state index contributed by atoms with van der Waals surface area (Å²) in [7, 11) is -2.57. The van der Waals surface area contributed by atoms with Crippen LogP contribution >= 0.6 is 0 Å². The van der Waals surface area contributed by atoms with E-state index in [0.29, 0.717) is 0 Å². The molecule has 0 spiro atoms. The van der Waals surface area contributed by atoms with Crippen molar-refractivity contribution in [3.63, 3.8) is 0 Å². The predicted octanol–water partition coefficient (Wildman–Crippen LogP) is 0.830. The van der Waals surface area contributed by atoms with Gasteiger partial charge in [0.25, 0.3) is 0 Å². The van der Waals surface area contributed by atoms with Gasteiger partial charge in [0.15, 0.2) is 0 Å². The third-order valence-electron chi connectivity index (χ3n) is 0.997. The quantitative estimate of drug-likeness (QED) is 0.528. The first-order valence-corrected chi connectivity index (χ1v) is 5.27. The first kappa shape index (κ1) is 6.77. The van der Waals surface area contributed by atoms with Crippen molar-refractivity contribution in [3.8, 4) is 0 Å². The molecule has 2 nitrogen and oxygen atoms in total. The first-order chi connectivity index (χ1) is 4.22. The van der Waals surface area contributed by atoms with Gasteiger partial charge in [0.05, 0.1) is 0 Å². The fraction of sp³-hybridized carbons (Fsp3) is 0.200. The van der Waals surface area contributed by atoms with Crippen LogP contribution in [0.1, 0.15) is 6.92 Å². The molecule has 50 valence electrons. The average Bonchev–Trinajstić information content (AvgIpc) is 2.13. The Kier molecular flexibility index (Phi) is 1.87. The maximum atomic E-state index is 10.3. The Balaban J connectivity index is 3.32. The zero-order valence-electron chi connectivity index (χ0n) is 4.87. The molecule has 0 aromatic rings. The monoisotopic (exact) mass is 162 g/mol. The van der Waals surface area contributed by atoms with Gasteiger partial charge in [-0.15, -0.1) is 0 Å². The van der Waals surface area contributed by atoms with E-state index in [1.807, 2.05) is 13.0 Å². The summed E-state index contributed by atoms with van der Waals surface area (Å²) in [5.41, 5.74) is 0. The molecule has 0 amide bonds. The van der Waals surface area contributed by atoms with Crippen molar-refractivity contribution in [1.29, 1.82) is 0 Å². The van der Waals surface area contributed by atoms with Crippen molar-refractivity contribution in [2.75, 3.05) is 0 Å². The van der Waals surface area contributed by atoms with Crippen LogP contribution in [-0.2, 0) is 18.7 Å². The van der Waals surface area contributed by atoms with Crippen LogP contribution in [0.4, 0.5) is 0 Å². The Morgan fingerprint density at radius 1 is 1.56 bits per heavy atom. The fourth-order valence-electron chi connectivity index (χ4n) is 0.573. The van der Waals surface area contributed by atoms with Gasteiger partial charge in [-0.2, -0.15) is 8.42 Å². The van der Waals surface area contributed by atoms with Gasteiger partial charge >= 0.3 is 0 Å². The minimum Gasteiger partial charge on any atom is -0.177 e. The molecule has 1 unspecified atom stereocenters. The number of hydrogen-bond acceptors (Lipinski definition) is 2. The van der Waals surface area contributed by atoms with Gasteiger partial charge in [0, 0.05) is 0 Å². The van der Waals surface area contributed by atoms with Crippen molar-refractivity contribution < 1.29 is 8.42 Å². The molecule has 1 atom stereocenters. The van der Waals surface area contributed by atoms with Crippen molar-refractivity contribution >= 4 is 18.7 Å². The highest BCUT2D eigenvalue weighted by Crippen LogP contribution is 2.10. The van der Waals surface area contributed by atoms with Gasteiger partial charge in [0.2, 0.25) is 9.26 Å². The molecular formula is C5H6O2S2. The summed E-state index contributed by atoms with van der Waals surface area (Å²) in [6.45, 7) is 1.82. The average molecular weight is 162 g/mol. The lowest BCUT2D eigenvalue weighted by molar-refractivity contribution is 0.628. The zero-order valence-corrected chi connectivity index (χ0v) is 6.50. The van der Waals surface area contributed by atoms with Gasteiger partial charge in [-0.25, -0.2) is 0 Å². The van der Waals surface area contributed by atoms with Crippen LogP contribution in [0.3, 0.4) is 0 Å². The minimum atomic E-state index is -1.95. The third kappa shape index (κ3) is 1.31. The summed E-state index contributed by atoms with van der Waals surface area (Å²) in [6.07, 6.45) is 3.59. The standard InChI is InChI=1S/C5H6O2S2/c1-5-3-2-4-8(5)9(6)7/h2-4H,1H3. The van der Waals surface area contributed by atoms with Gasteiger partial charge in [-0.3, -0.25) is 0 Å². The highest BCUT2D eigenvalue weighted by molar-refractivity contribution is 8.37. The Morgan fingerprint density at radius 2 is 2.22 bits per heavy atom. The van der Waals surface area contributed by atoms with Crippen LogP contribution in [0, 0.1) is 0 Å². The summed E-state index contributed by atoms with van der Waals surface area (Å²) in [5, 5.41) is 1.69. The Bertz CT molecular complexity index is 298. The Hall–Kier alpha value is -0.350. The van der Waals surface area contributed by atoms with Crippen LogP contribution in [-0.4, -0.2) is 8.42 Å². The zero-order chi connectivity index (χ0) is 6.85. The smallest absolute Gasteiger partial charge is 0.177 e. The molecular weight excluding hydrogens is 156 g/mol. The lowest BCUT2D eigenvalue weighted by Gasteiger charge is -1.86. The Morgan fingerprint density at radius 3 is 2.44 bits per heavy atom. The summed E-state index contributed by atoms with van der Waals surface area (Å²) >= 11 is 0. The lowest BCUT2D eigenvalue weighted by atomic mass is 10.5. The summed E-state index contributed by atoms with van der Waals surface area (Å²) < 4.78 is 20.7. The lowest BCUT2D eigenvalue weighted by Crippen LogP contribution is -1.80. The molecule has 0 aliphatic carbocycles.